The third-order valence-corrected chi connectivity index (χ3v) is 6.11. The second-order valence-electron chi connectivity index (χ2n) is 6.61. The maximum Gasteiger partial charge on any atom is 0.264 e. The molecule has 1 aromatic rings. The molecule has 3 rings (SSSR count). The van der Waals surface area contributed by atoms with E-state index in [4.69, 9.17) is 4.74 Å². The van der Waals surface area contributed by atoms with Gasteiger partial charge in [-0.1, -0.05) is 0 Å². The average Bonchev–Trinajstić information content (AvgIpc) is 3.11. The van der Waals surface area contributed by atoms with Crippen LogP contribution >= 0.6 is 11.3 Å². The minimum absolute atomic E-state index is 0.0292. The summed E-state index contributed by atoms with van der Waals surface area (Å²) in [6.07, 6.45) is 4.38. The van der Waals surface area contributed by atoms with Crippen LogP contribution in [-0.2, 0) is 4.74 Å². The minimum atomic E-state index is 0.0292. The highest BCUT2D eigenvalue weighted by Gasteiger charge is 2.29. The molecule has 2 aliphatic rings. The summed E-state index contributed by atoms with van der Waals surface area (Å²) in [5.41, 5.74) is 0. The van der Waals surface area contributed by atoms with Crippen molar-refractivity contribution in [3.05, 3.63) is 21.9 Å². The Morgan fingerprint density at radius 1 is 1.17 bits per heavy atom. The number of ketones is 1. The van der Waals surface area contributed by atoms with Crippen LogP contribution in [0.25, 0.3) is 0 Å². The van der Waals surface area contributed by atoms with Gasteiger partial charge in [0.1, 0.15) is 0 Å². The van der Waals surface area contributed by atoms with Crippen LogP contribution in [0, 0.1) is 0 Å². The molecule has 1 atom stereocenters. The number of Topliss-reactive ketones (excluding diaryl/α,β-unsaturated/α-hetero) is 1. The molecule has 2 aliphatic heterocycles. The van der Waals surface area contributed by atoms with Crippen LogP contribution in [0.2, 0.25) is 0 Å². The van der Waals surface area contributed by atoms with Crippen molar-refractivity contribution in [2.45, 2.75) is 38.6 Å². The van der Waals surface area contributed by atoms with Gasteiger partial charge in [0.15, 0.2) is 5.78 Å². The fraction of sp³-hybridized carbons (Fsp3) is 0.667. The van der Waals surface area contributed by atoms with Crippen molar-refractivity contribution >= 4 is 23.0 Å². The van der Waals surface area contributed by atoms with Crippen LogP contribution in [0.4, 0.5) is 0 Å². The Labute approximate surface area is 147 Å². The minimum Gasteiger partial charge on any atom is -0.379 e. The summed E-state index contributed by atoms with van der Waals surface area (Å²) < 4.78 is 5.40. The molecule has 0 N–H and O–H groups in total. The molecule has 2 fully saturated rings. The number of morpholine rings is 1. The standard InChI is InChI=1S/C18H26N2O3S/c1-14(21)16-5-6-17(24-16)18(22)20-8-3-2-4-15(20)7-9-19-10-12-23-13-11-19/h5-6,15H,2-4,7-13H2,1H3/t15-/m1/s1. The van der Waals surface area contributed by atoms with Gasteiger partial charge in [0, 0.05) is 32.2 Å². The number of nitrogens with zero attached hydrogens (tertiary/aromatic N) is 2. The molecule has 0 aliphatic carbocycles. The second kappa shape index (κ2) is 8.23. The lowest BCUT2D eigenvalue weighted by Gasteiger charge is -2.37. The van der Waals surface area contributed by atoms with Crippen LogP contribution in [-0.4, -0.2) is 66.9 Å². The van der Waals surface area contributed by atoms with E-state index in [1.54, 1.807) is 19.1 Å². The second-order valence-corrected chi connectivity index (χ2v) is 7.69. The predicted molar refractivity (Wildman–Crippen MR) is 94.9 cm³/mol. The van der Waals surface area contributed by atoms with Gasteiger partial charge in [-0.3, -0.25) is 14.5 Å². The molecule has 3 heterocycles. The first-order valence-electron chi connectivity index (χ1n) is 8.87. The van der Waals surface area contributed by atoms with Gasteiger partial charge in [0.05, 0.1) is 23.0 Å². The maximum absolute atomic E-state index is 12.9. The van der Waals surface area contributed by atoms with Crippen molar-refractivity contribution in [3.63, 3.8) is 0 Å². The first-order chi connectivity index (χ1) is 11.6. The quantitative estimate of drug-likeness (QED) is 0.766. The molecular formula is C18H26N2O3S. The molecule has 6 heteroatoms. The zero-order chi connectivity index (χ0) is 16.9. The average molecular weight is 350 g/mol. The van der Waals surface area contributed by atoms with Crippen molar-refractivity contribution in [1.82, 2.24) is 9.80 Å². The van der Waals surface area contributed by atoms with Gasteiger partial charge in [-0.05, 0) is 44.7 Å². The molecule has 24 heavy (non-hydrogen) atoms. The fourth-order valence-electron chi connectivity index (χ4n) is 3.51. The van der Waals surface area contributed by atoms with Crippen LogP contribution in [0.15, 0.2) is 12.1 Å². The molecule has 5 nitrogen and oxygen atoms in total. The molecule has 1 amide bonds. The number of carbonyl (C=O) groups is 2. The Hall–Kier alpha value is -1.24. The summed E-state index contributed by atoms with van der Waals surface area (Å²) in [6, 6.07) is 3.89. The van der Waals surface area contributed by atoms with Gasteiger partial charge in [0.25, 0.3) is 5.91 Å². The van der Waals surface area contributed by atoms with E-state index >= 15 is 0 Å². The molecule has 0 unspecified atom stereocenters. The zero-order valence-corrected chi connectivity index (χ0v) is 15.1. The number of hydrogen-bond acceptors (Lipinski definition) is 5. The number of thiophene rings is 1. The van der Waals surface area contributed by atoms with Gasteiger partial charge < -0.3 is 9.64 Å². The monoisotopic (exact) mass is 350 g/mol. The van der Waals surface area contributed by atoms with Crippen molar-refractivity contribution in [1.29, 1.82) is 0 Å². The van der Waals surface area contributed by atoms with E-state index < -0.39 is 0 Å². The van der Waals surface area contributed by atoms with E-state index in [0.717, 1.165) is 58.7 Å². The number of rotatable bonds is 5. The van der Waals surface area contributed by atoms with E-state index in [0.29, 0.717) is 15.8 Å². The Morgan fingerprint density at radius 2 is 1.92 bits per heavy atom. The summed E-state index contributed by atoms with van der Waals surface area (Å²) in [7, 11) is 0. The SMILES string of the molecule is CC(=O)c1ccc(C(=O)N2CCCC[C@@H]2CCN2CCOCC2)s1. The Balaban J connectivity index is 1.62. The van der Waals surface area contributed by atoms with Gasteiger partial charge in [-0.2, -0.15) is 0 Å². The van der Waals surface area contributed by atoms with Crippen LogP contribution in [0.3, 0.4) is 0 Å². The Morgan fingerprint density at radius 3 is 2.62 bits per heavy atom. The van der Waals surface area contributed by atoms with E-state index in [1.807, 2.05) is 4.90 Å². The fourth-order valence-corrected chi connectivity index (χ4v) is 4.37. The lowest BCUT2D eigenvalue weighted by Crippen LogP contribution is -2.46. The number of ether oxygens (including phenoxy) is 1. The van der Waals surface area contributed by atoms with Gasteiger partial charge in [-0.25, -0.2) is 0 Å². The summed E-state index contributed by atoms with van der Waals surface area (Å²) in [5.74, 6) is 0.126. The lowest BCUT2D eigenvalue weighted by molar-refractivity contribution is 0.0296. The number of likely N-dealkylation sites (tertiary alicyclic amines) is 1. The molecule has 0 bridgehead atoms. The summed E-state index contributed by atoms with van der Waals surface area (Å²) in [5, 5.41) is 0. The molecular weight excluding hydrogens is 324 g/mol. The predicted octanol–water partition coefficient (Wildman–Crippen LogP) is 2.67. The summed E-state index contributed by atoms with van der Waals surface area (Å²) >= 11 is 1.32. The number of carbonyl (C=O) groups excluding carboxylic acids is 2. The van der Waals surface area contributed by atoms with Crippen molar-refractivity contribution in [2.24, 2.45) is 0 Å². The molecule has 0 radical (unpaired) electrons. The molecule has 0 aromatic carbocycles. The van der Waals surface area contributed by atoms with E-state index in [-0.39, 0.29) is 11.7 Å². The van der Waals surface area contributed by atoms with Crippen LogP contribution in [0.1, 0.15) is 52.0 Å². The van der Waals surface area contributed by atoms with Gasteiger partial charge in [0.2, 0.25) is 0 Å². The highest BCUT2D eigenvalue weighted by Crippen LogP contribution is 2.25. The first kappa shape index (κ1) is 17.6. The number of hydrogen-bond donors (Lipinski definition) is 0. The summed E-state index contributed by atoms with van der Waals surface area (Å²) in [4.78, 5) is 30.2. The van der Waals surface area contributed by atoms with Gasteiger partial charge >= 0.3 is 0 Å². The molecule has 0 saturated carbocycles. The largest absolute Gasteiger partial charge is 0.379 e. The van der Waals surface area contributed by atoms with Crippen LogP contribution < -0.4 is 0 Å². The molecule has 1 aromatic heterocycles. The lowest BCUT2D eigenvalue weighted by atomic mass is 9.98. The number of amides is 1. The van der Waals surface area contributed by atoms with Crippen molar-refractivity contribution < 1.29 is 14.3 Å². The van der Waals surface area contributed by atoms with Crippen LogP contribution in [0.5, 0.6) is 0 Å². The van der Waals surface area contributed by atoms with Gasteiger partial charge in [-0.15, -0.1) is 11.3 Å². The van der Waals surface area contributed by atoms with Crippen molar-refractivity contribution in [2.75, 3.05) is 39.4 Å². The molecule has 132 valence electrons. The van der Waals surface area contributed by atoms with Crippen molar-refractivity contribution in [3.8, 4) is 0 Å². The Bertz CT molecular complexity index is 581. The zero-order valence-electron chi connectivity index (χ0n) is 14.3. The molecule has 0 spiro atoms. The third kappa shape index (κ3) is 4.23. The first-order valence-corrected chi connectivity index (χ1v) is 9.68. The molecule has 2 saturated heterocycles. The Kier molecular flexibility index (Phi) is 6.03. The van der Waals surface area contributed by atoms with E-state index in [1.165, 1.54) is 17.8 Å². The number of piperidine rings is 1. The summed E-state index contributed by atoms with van der Waals surface area (Å²) in [6.45, 7) is 7.03. The highest BCUT2D eigenvalue weighted by molar-refractivity contribution is 7.15. The van der Waals surface area contributed by atoms with E-state index in [2.05, 4.69) is 4.90 Å². The third-order valence-electron chi connectivity index (χ3n) is 4.93. The van der Waals surface area contributed by atoms with E-state index in [9.17, 15) is 9.59 Å². The normalized spacial score (nSPS) is 22.5. The topological polar surface area (TPSA) is 49.9 Å². The maximum atomic E-state index is 12.9. The highest BCUT2D eigenvalue weighted by atomic mass is 32.1. The smallest absolute Gasteiger partial charge is 0.264 e.